The third-order valence-corrected chi connectivity index (χ3v) is 3.29. The normalized spacial score (nSPS) is 11.9. The summed E-state index contributed by atoms with van der Waals surface area (Å²) in [6, 6.07) is 12.7. The molecule has 0 bridgehead atoms. The van der Waals surface area contributed by atoms with Crippen LogP contribution in [0.4, 0.5) is 5.82 Å². The highest BCUT2D eigenvalue weighted by Crippen LogP contribution is 2.26. The Morgan fingerprint density at radius 2 is 1.90 bits per heavy atom. The Balaban J connectivity index is 2.26. The van der Waals surface area contributed by atoms with Crippen LogP contribution in [0.2, 0.25) is 0 Å². The summed E-state index contributed by atoms with van der Waals surface area (Å²) in [7, 11) is 1.85. The number of benzene rings is 1. The van der Waals surface area contributed by atoms with Crippen molar-refractivity contribution in [2.75, 3.05) is 18.6 Å². The van der Waals surface area contributed by atoms with E-state index in [0.29, 0.717) is 12.2 Å². The van der Waals surface area contributed by atoms with Crippen LogP contribution in [0.25, 0.3) is 0 Å². The van der Waals surface area contributed by atoms with Gasteiger partial charge in [0.2, 0.25) is 0 Å². The van der Waals surface area contributed by atoms with Crippen LogP contribution in [-0.4, -0.2) is 40.0 Å². The van der Waals surface area contributed by atoms with Gasteiger partial charge in [0, 0.05) is 13.7 Å². The number of hydrogen-bond donors (Lipinski definition) is 2. The SMILES string of the molecule is CN(c1ccc(C(=O)O)nn1)C(CCO)c1ccccc1. The molecule has 0 saturated carbocycles. The van der Waals surface area contributed by atoms with Crippen LogP contribution in [-0.2, 0) is 0 Å². The summed E-state index contributed by atoms with van der Waals surface area (Å²) >= 11 is 0. The fraction of sp³-hybridized carbons (Fsp3) is 0.267. The molecule has 2 aromatic rings. The number of carbonyl (C=O) groups is 1. The Morgan fingerprint density at radius 3 is 2.43 bits per heavy atom. The monoisotopic (exact) mass is 287 g/mol. The number of nitrogens with zero attached hydrogens (tertiary/aromatic N) is 3. The first-order chi connectivity index (χ1) is 10.1. The van der Waals surface area contributed by atoms with Crippen LogP contribution in [0.3, 0.4) is 0 Å². The molecule has 0 spiro atoms. The van der Waals surface area contributed by atoms with E-state index in [2.05, 4.69) is 10.2 Å². The molecule has 6 nitrogen and oxygen atoms in total. The molecule has 0 amide bonds. The number of aliphatic hydroxyl groups excluding tert-OH is 1. The van der Waals surface area contributed by atoms with Crippen molar-refractivity contribution < 1.29 is 15.0 Å². The maximum atomic E-state index is 10.8. The lowest BCUT2D eigenvalue weighted by molar-refractivity contribution is 0.0689. The lowest BCUT2D eigenvalue weighted by atomic mass is 10.0. The van der Waals surface area contributed by atoms with Crippen LogP contribution < -0.4 is 4.90 Å². The van der Waals surface area contributed by atoms with E-state index >= 15 is 0 Å². The summed E-state index contributed by atoms with van der Waals surface area (Å²) in [6.07, 6.45) is 0.545. The van der Waals surface area contributed by atoms with E-state index in [4.69, 9.17) is 5.11 Å². The van der Waals surface area contributed by atoms with E-state index < -0.39 is 5.97 Å². The molecule has 110 valence electrons. The number of carboxylic acid groups (broad SMARTS) is 1. The molecule has 6 heteroatoms. The Bertz CT molecular complexity index is 587. The van der Waals surface area contributed by atoms with Gasteiger partial charge in [0.25, 0.3) is 0 Å². The standard InChI is InChI=1S/C15H17N3O3/c1-18(14-8-7-12(15(20)21)16-17-14)13(9-10-19)11-5-3-2-4-6-11/h2-8,13,19H,9-10H2,1H3,(H,20,21). The highest BCUT2D eigenvalue weighted by Gasteiger charge is 2.18. The molecule has 2 N–H and O–H groups in total. The summed E-state index contributed by atoms with van der Waals surface area (Å²) in [5.74, 6) is -0.547. The number of hydrogen-bond acceptors (Lipinski definition) is 5. The number of anilines is 1. The van der Waals surface area contributed by atoms with Crippen LogP contribution in [0, 0.1) is 0 Å². The maximum absolute atomic E-state index is 10.8. The van der Waals surface area contributed by atoms with Crippen molar-refractivity contribution in [1.29, 1.82) is 0 Å². The molecular formula is C15H17N3O3. The molecule has 1 aromatic heterocycles. The molecule has 21 heavy (non-hydrogen) atoms. The Kier molecular flexibility index (Phi) is 4.84. The van der Waals surface area contributed by atoms with Crippen LogP contribution >= 0.6 is 0 Å². The molecule has 1 atom stereocenters. The zero-order valence-electron chi connectivity index (χ0n) is 11.7. The second-order valence-corrected chi connectivity index (χ2v) is 4.63. The molecular weight excluding hydrogens is 270 g/mol. The lowest BCUT2D eigenvalue weighted by Gasteiger charge is -2.28. The van der Waals surface area contributed by atoms with Crippen molar-refractivity contribution in [2.45, 2.75) is 12.5 Å². The number of carboxylic acids is 1. The second kappa shape index (κ2) is 6.81. The minimum Gasteiger partial charge on any atom is -0.476 e. The van der Waals surface area contributed by atoms with Gasteiger partial charge in [0.05, 0.1) is 6.04 Å². The number of rotatable bonds is 6. The molecule has 1 unspecified atom stereocenters. The summed E-state index contributed by atoms with van der Waals surface area (Å²) in [6.45, 7) is 0.0462. The molecule has 0 aliphatic carbocycles. The third kappa shape index (κ3) is 3.55. The van der Waals surface area contributed by atoms with Gasteiger partial charge in [-0.25, -0.2) is 4.79 Å². The fourth-order valence-corrected chi connectivity index (χ4v) is 2.17. The van der Waals surface area contributed by atoms with Crippen molar-refractivity contribution in [1.82, 2.24) is 10.2 Å². The van der Waals surface area contributed by atoms with Crippen molar-refractivity contribution >= 4 is 11.8 Å². The topological polar surface area (TPSA) is 86.6 Å². The maximum Gasteiger partial charge on any atom is 0.356 e. The summed E-state index contributed by atoms with van der Waals surface area (Å²) < 4.78 is 0. The lowest BCUT2D eigenvalue weighted by Crippen LogP contribution is -2.26. The summed E-state index contributed by atoms with van der Waals surface area (Å²) in [5, 5.41) is 25.7. The quantitative estimate of drug-likeness (QED) is 0.841. The van der Waals surface area contributed by atoms with E-state index in [1.165, 1.54) is 6.07 Å². The van der Waals surface area contributed by atoms with E-state index in [9.17, 15) is 9.90 Å². The van der Waals surface area contributed by atoms with E-state index in [1.54, 1.807) is 6.07 Å². The number of aromatic carboxylic acids is 1. The van der Waals surface area contributed by atoms with Crippen molar-refractivity contribution in [3.8, 4) is 0 Å². The van der Waals surface area contributed by atoms with Gasteiger partial charge in [-0.2, -0.15) is 0 Å². The van der Waals surface area contributed by atoms with Crippen LogP contribution in [0.15, 0.2) is 42.5 Å². The smallest absolute Gasteiger partial charge is 0.356 e. The number of aromatic nitrogens is 2. The van der Waals surface area contributed by atoms with Gasteiger partial charge in [-0.05, 0) is 24.1 Å². The average molecular weight is 287 g/mol. The van der Waals surface area contributed by atoms with Crippen molar-refractivity contribution in [3.05, 3.63) is 53.7 Å². The average Bonchev–Trinajstić information content (AvgIpc) is 2.53. The van der Waals surface area contributed by atoms with E-state index in [1.807, 2.05) is 42.3 Å². The summed E-state index contributed by atoms with van der Waals surface area (Å²) in [5.41, 5.74) is 0.962. The Labute approximate surface area is 122 Å². The fourth-order valence-electron chi connectivity index (χ4n) is 2.17. The molecule has 1 heterocycles. The van der Waals surface area contributed by atoms with Gasteiger partial charge in [-0.15, -0.1) is 10.2 Å². The highest BCUT2D eigenvalue weighted by atomic mass is 16.4. The van der Waals surface area contributed by atoms with E-state index in [-0.39, 0.29) is 18.3 Å². The van der Waals surface area contributed by atoms with Crippen LogP contribution in [0.5, 0.6) is 0 Å². The Morgan fingerprint density at radius 1 is 1.19 bits per heavy atom. The van der Waals surface area contributed by atoms with Gasteiger partial charge in [0.15, 0.2) is 11.5 Å². The minimum absolute atomic E-state index is 0.0462. The predicted octanol–water partition coefficient (Wildman–Crippen LogP) is 1.73. The Hall–Kier alpha value is -2.47. The third-order valence-electron chi connectivity index (χ3n) is 3.29. The van der Waals surface area contributed by atoms with E-state index in [0.717, 1.165) is 5.56 Å². The molecule has 0 aliphatic rings. The van der Waals surface area contributed by atoms with Crippen molar-refractivity contribution in [3.63, 3.8) is 0 Å². The first-order valence-electron chi connectivity index (χ1n) is 6.59. The molecule has 1 aromatic carbocycles. The number of aliphatic hydroxyl groups is 1. The molecule has 0 radical (unpaired) electrons. The first kappa shape index (κ1) is 14.9. The van der Waals surface area contributed by atoms with Gasteiger partial charge in [-0.3, -0.25) is 0 Å². The zero-order chi connectivity index (χ0) is 15.2. The predicted molar refractivity (Wildman–Crippen MR) is 78.3 cm³/mol. The van der Waals surface area contributed by atoms with Crippen LogP contribution in [0.1, 0.15) is 28.5 Å². The summed E-state index contributed by atoms with van der Waals surface area (Å²) in [4.78, 5) is 12.7. The molecule has 2 rings (SSSR count). The molecule has 0 saturated heterocycles. The van der Waals surface area contributed by atoms with Gasteiger partial charge >= 0.3 is 5.97 Å². The molecule has 0 fully saturated rings. The van der Waals surface area contributed by atoms with Crippen molar-refractivity contribution in [2.24, 2.45) is 0 Å². The minimum atomic E-state index is -1.10. The highest BCUT2D eigenvalue weighted by molar-refractivity contribution is 5.85. The molecule has 0 aliphatic heterocycles. The largest absolute Gasteiger partial charge is 0.476 e. The zero-order valence-corrected chi connectivity index (χ0v) is 11.7. The van der Waals surface area contributed by atoms with Gasteiger partial charge in [-0.1, -0.05) is 30.3 Å². The van der Waals surface area contributed by atoms with Gasteiger partial charge in [0.1, 0.15) is 0 Å². The van der Waals surface area contributed by atoms with Gasteiger partial charge < -0.3 is 15.1 Å². The second-order valence-electron chi connectivity index (χ2n) is 4.63. The first-order valence-corrected chi connectivity index (χ1v) is 6.59.